The van der Waals surface area contributed by atoms with Crippen LogP contribution in [0.4, 0.5) is 0 Å². The molecule has 0 bridgehead atoms. The predicted molar refractivity (Wildman–Crippen MR) is 80.3 cm³/mol. The van der Waals surface area contributed by atoms with Crippen LogP contribution in [0.1, 0.15) is 40.1 Å². The molecule has 3 rings (SSSR count). The van der Waals surface area contributed by atoms with Crippen molar-refractivity contribution in [3.63, 3.8) is 0 Å². The molecule has 104 valence electrons. The summed E-state index contributed by atoms with van der Waals surface area (Å²) >= 11 is 4.92. The highest BCUT2D eigenvalue weighted by Gasteiger charge is 2.29. The van der Waals surface area contributed by atoms with Crippen molar-refractivity contribution < 1.29 is 9.59 Å². The first-order chi connectivity index (χ1) is 9.56. The van der Waals surface area contributed by atoms with Gasteiger partial charge in [-0.2, -0.15) is 0 Å². The van der Waals surface area contributed by atoms with Gasteiger partial charge in [0.1, 0.15) is 5.01 Å². The molecular weight excluding hydrogens is 340 g/mol. The summed E-state index contributed by atoms with van der Waals surface area (Å²) < 4.78 is 2.78. The lowest BCUT2D eigenvalue weighted by atomic mass is 9.97. The number of Topliss-reactive ketones (excluding diaryl/α,β-unsaturated/α-hetero) is 2. The molecule has 0 radical (unpaired) electrons. The molecule has 1 aliphatic heterocycles. The number of carbonyl (C=O) groups excluding carboxylic acids is 2. The average Bonchev–Trinajstić information content (AvgIpc) is 2.98. The third-order valence-electron chi connectivity index (χ3n) is 3.53. The van der Waals surface area contributed by atoms with Crippen molar-refractivity contribution in [2.75, 3.05) is 0 Å². The fourth-order valence-electron chi connectivity index (χ4n) is 2.53. The maximum atomic E-state index is 12.5. The number of hydrogen-bond donors (Lipinski definition) is 0. The number of fused-ring (bicyclic) bond motifs is 1. The summed E-state index contributed by atoms with van der Waals surface area (Å²) in [5.74, 6) is 0.239. The molecule has 0 amide bonds. The zero-order valence-electron chi connectivity index (χ0n) is 10.9. The van der Waals surface area contributed by atoms with E-state index >= 15 is 0 Å². The Kier molecular flexibility index (Phi) is 3.60. The molecular formula is C14H13BrN2O2S. The van der Waals surface area contributed by atoms with Crippen LogP contribution in [0.2, 0.25) is 0 Å². The number of ketones is 2. The Labute approximate surface area is 129 Å². The summed E-state index contributed by atoms with van der Waals surface area (Å²) in [6, 6.07) is 3.37. The number of aromatic nitrogens is 2. The summed E-state index contributed by atoms with van der Waals surface area (Å²) in [6.45, 7) is 1.91. The van der Waals surface area contributed by atoms with Crippen LogP contribution in [0, 0.1) is 6.92 Å². The zero-order valence-corrected chi connectivity index (χ0v) is 13.3. The van der Waals surface area contributed by atoms with Crippen molar-refractivity contribution >= 4 is 38.8 Å². The van der Waals surface area contributed by atoms with Crippen molar-refractivity contribution in [3.05, 3.63) is 38.5 Å². The molecule has 6 heteroatoms. The molecule has 1 atom stereocenters. The van der Waals surface area contributed by atoms with E-state index in [1.165, 1.54) is 11.3 Å². The van der Waals surface area contributed by atoms with Crippen molar-refractivity contribution in [1.82, 2.24) is 9.55 Å². The quantitative estimate of drug-likeness (QED) is 0.850. The number of aryl methyl sites for hydroxylation is 1. The lowest BCUT2D eigenvalue weighted by molar-refractivity contribution is -0.121. The summed E-state index contributed by atoms with van der Waals surface area (Å²) in [7, 11) is 0. The Morgan fingerprint density at radius 1 is 1.60 bits per heavy atom. The Morgan fingerprint density at radius 3 is 3.10 bits per heavy atom. The maximum Gasteiger partial charge on any atom is 0.179 e. The smallest absolute Gasteiger partial charge is 0.179 e. The first kappa shape index (κ1) is 13.7. The minimum Gasteiger partial charge on any atom is -0.335 e. The van der Waals surface area contributed by atoms with Crippen LogP contribution in [0.15, 0.2) is 22.1 Å². The highest BCUT2D eigenvalue weighted by Crippen LogP contribution is 2.29. The topological polar surface area (TPSA) is 52.0 Å². The first-order valence-corrected chi connectivity index (χ1v) is 8.02. The Morgan fingerprint density at radius 2 is 2.40 bits per heavy atom. The third-order valence-corrected chi connectivity index (χ3v) is 5.53. The zero-order chi connectivity index (χ0) is 14.3. The van der Waals surface area contributed by atoms with Gasteiger partial charge < -0.3 is 4.57 Å². The van der Waals surface area contributed by atoms with E-state index in [2.05, 4.69) is 20.9 Å². The molecule has 0 fully saturated rings. The third kappa shape index (κ3) is 2.38. The number of thiazole rings is 1. The summed E-state index contributed by atoms with van der Waals surface area (Å²) in [5.41, 5.74) is 1.56. The van der Waals surface area contributed by atoms with Gasteiger partial charge in [0.2, 0.25) is 0 Å². The Balaban J connectivity index is 1.82. The van der Waals surface area contributed by atoms with E-state index < -0.39 is 0 Å². The highest BCUT2D eigenvalue weighted by molar-refractivity contribution is 9.11. The lowest BCUT2D eigenvalue weighted by Crippen LogP contribution is -2.28. The molecule has 2 aromatic heterocycles. The van der Waals surface area contributed by atoms with Crippen molar-refractivity contribution in [1.29, 1.82) is 0 Å². The average molecular weight is 353 g/mol. The second-order valence-electron chi connectivity index (χ2n) is 4.89. The molecule has 0 aromatic carbocycles. The van der Waals surface area contributed by atoms with Crippen LogP contribution in [0.3, 0.4) is 0 Å². The van der Waals surface area contributed by atoms with Crippen LogP contribution < -0.4 is 0 Å². The van der Waals surface area contributed by atoms with E-state index in [4.69, 9.17) is 0 Å². The van der Waals surface area contributed by atoms with Crippen LogP contribution >= 0.6 is 27.3 Å². The number of hydrogen-bond acceptors (Lipinski definition) is 4. The van der Waals surface area contributed by atoms with Crippen LogP contribution in [0.5, 0.6) is 0 Å². The molecule has 0 aliphatic carbocycles. The minimum absolute atomic E-state index is 0.117. The van der Waals surface area contributed by atoms with Crippen molar-refractivity contribution in [2.45, 2.75) is 32.2 Å². The van der Waals surface area contributed by atoms with Gasteiger partial charge >= 0.3 is 0 Å². The van der Waals surface area contributed by atoms with Gasteiger partial charge in [-0.05, 0) is 41.4 Å². The second kappa shape index (κ2) is 5.26. The van der Waals surface area contributed by atoms with E-state index in [9.17, 15) is 9.59 Å². The van der Waals surface area contributed by atoms with Gasteiger partial charge in [0.15, 0.2) is 11.6 Å². The molecule has 0 spiro atoms. The van der Waals surface area contributed by atoms with Crippen LogP contribution in [-0.2, 0) is 11.2 Å². The number of carbonyl (C=O) groups is 2. The van der Waals surface area contributed by atoms with Crippen molar-refractivity contribution in [3.8, 4) is 0 Å². The summed E-state index contributed by atoms with van der Waals surface area (Å²) in [6.07, 6.45) is 3.18. The van der Waals surface area contributed by atoms with Crippen molar-refractivity contribution in [2.24, 2.45) is 0 Å². The van der Waals surface area contributed by atoms with Crippen LogP contribution in [-0.4, -0.2) is 21.1 Å². The fraction of sp³-hybridized carbons (Fsp3) is 0.357. The van der Waals surface area contributed by atoms with Gasteiger partial charge in [0.25, 0.3) is 0 Å². The van der Waals surface area contributed by atoms with E-state index in [1.807, 2.05) is 23.8 Å². The SMILES string of the molecule is Cc1nc(CC(=O)C2CCC(=O)c3cccn32)sc1Br. The molecule has 0 saturated heterocycles. The molecule has 1 unspecified atom stereocenters. The van der Waals surface area contributed by atoms with Gasteiger partial charge in [0.05, 0.1) is 27.6 Å². The number of halogens is 1. The summed E-state index contributed by atoms with van der Waals surface area (Å²) in [5, 5.41) is 0.824. The minimum atomic E-state index is -0.235. The van der Waals surface area contributed by atoms with E-state index in [0.29, 0.717) is 25.0 Å². The van der Waals surface area contributed by atoms with Gasteiger partial charge in [0, 0.05) is 12.6 Å². The molecule has 3 heterocycles. The monoisotopic (exact) mass is 352 g/mol. The number of rotatable bonds is 3. The normalized spacial score (nSPS) is 18.1. The van der Waals surface area contributed by atoms with E-state index in [1.54, 1.807) is 6.07 Å². The fourth-order valence-corrected chi connectivity index (χ4v) is 3.97. The molecule has 4 nitrogen and oxygen atoms in total. The largest absolute Gasteiger partial charge is 0.335 e. The molecule has 0 saturated carbocycles. The standard InChI is InChI=1S/C14H13BrN2O2S/c1-8-14(15)20-13(16-8)7-12(19)10-4-5-11(18)9-3-2-6-17(9)10/h2-3,6,10H,4-5,7H2,1H3. The number of nitrogens with zero attached hydrogens (tertiary/aromatic N) is 2. The van der Waals surface area contributed by atoms with Gasteiger partial charge in [-0.3, -0.25) is 9.59 Å². The molecule has 20 heavy (non-hydrogen) atoms. The second-order valence-corrected chi connectivity index (χ2v) is 7.29. The lowest BCUT2D eigenvalue weighted by Gasteiger charge is -2.24. The highest BCUT2D eigenvalue weighted by atomic mass is 79.9. The van der Waals surface area contributed by atoms with Gasteiger partial charge in [-0.25, -0.2) is 4.98 Å². The Hall–Kier alpha value is -1.27. The molecule has 1 aliphatic rings. The van der Waals surface area contributed by atoms with Gasteiger partial charge in [-0.1, -0.05) is 0 Å². The Bertz CT molecular complexity index is 670. The molecule has 2 aromatic rings. The molecule has 0 N–H and O–H groups in total. The van der Waals surface area contributed by atoms with E-state index in [0.717, 1.165) is 14.5 Å². The van der Waals surface area contributed by atoms with Crippen LogP contribution in [0.25, 0.3) is 0 Å². The van der Waals surface area contributed by atoms with E-state index in [-0.39, 0.29) is 17.6 Å². The predicted octanol–water partition coefficient (Wildman–Crippen LogP) is 3.34. The van der Waals surface area contributed by atoms with Gasteiger partial charge in [-0.15, -0.1) is 11.3 Å². The maximum absolute atomic E-state index is 12.5. The summed E-state index contributed by atoms with van der Waals surface area (Å²) in [4.78, 5) is 28.6. The first-order valence-electron chi connectivity index (χ1n) is 6.41.